The molecule has 1 heterocycles. The van der Waals surface area contributed by atoms with Crippen molar-refractivity contribution in [1.29, 1.82) is 0 Å². The lowest BCUT2D eigenvalue weighted by atomic mass is 9.75. The Morgan fingerprint density at radius 1 is 1.00 bits per heavy atom. The molecule has 0 amide bonds. The van der Waals surface area contributed by atoms with E-state index in [4.69, 9.17) is 9.73 Å². The van der Waals surface area contributed by atoms with Crippen molar-refractivity contribution in [1.82, 2.24) is 4.31 Å². The van der Waals surface area contributed by atoms with E-state index in [2.05, 4.69) is 0 Å². The average Bonchev–Trinajstić information content (AvgIpc) is 3.21. The summed E-state index contributed by atoms with van der Waals surface area (Å²) in [5.74, 6) is -1.01. The SMILES string of the molecule is CCCC1C2c3ccccc3/C(=C/c3ccccc3)C2(C(=O)OCC)N=CN1S(=O)(=O)c1ccc(C)cc1. The van der Waals surface area contributed by atoms with Gasteiger partial charge in [0.15, 0.2) is 5.54 Å². The van der Waals surface area contributed by atoms with Crippen LogP contribution in [0, 0.1) is 6.92 Å². The molecule has 2 aliphatic rings. The number of aryl methyl sites for hydroxylation is 1. The predicted molar refractivity (Wildman–Crippen MR) is 150 cm³/mol. The molecule has 5 rings (SSSR count). The van der Waals surface area contributed by atoms with E-state index in [0.717, 1.165) is 34.2 Å². The van der Waals surface area contributed by atoms with E-state index in [0.29, 0.717) is 6.42 Å². The number of ether oxygens (including phenoxy) is 1. The summed E-state index contributed by atoms with van der Waals surface area (Å²) in [5.41, 5.74) is 3.04. The standard InChI is InChI=1S/C31H32N2O4S/c1-4-11-28-29-26-15-10-9-14-25(26)27(20-23-12-7-6-8-13-23)31(29,30(34)37-5-2)32-21-33(28)38(35,36)24-18-16-22(3)17-19-24/h6-10,12-21,28-29H,4-5,11H2,1-3H3/b27-20-. The van der Waals surface area contributed by atoms with Gasteiger partial charge >= 0.3 is 5.97 Å². The zero-order valence-corrected chi connectivity index (χ0v) is 22.7. The summed E-state index contributed by atoms with van der Waals surface area (Å²) in [6, 6.07) is 23.9. The molecule has 7 heteroatoms. The fourth-order valence-electron chi connectivity index (χ4n) is 5.72. The molecule has 0 spiro atoms. The lowest BCUT2D eigenvalue weighted by molar-refractivity contribution is -0.148. The molecule has 3 aromatic carbocycles. The molecule has 3 aromatic rings. The molecule has 0 N–H and O–H groups in total. The van der Waals surface area contributed by atoms with Gasteiger partial charge < -0.3 is 4.74 Å². The number of hydrogen-bond donors (Lipinski definition) is 0. The quantitative estimate of drug-likeness (QED) is 0.361. The van der Waals surface area contributed by atoms with Gasteiger partial charge in [-0.2, -0.15) is 0 Å². The Hall–Kier alpha value is -3.71. The molecular weight excluding hydrogens is 496 g/mol. The number of rotatable bonds is 7. The summed E-state index contributed by atoms with van der Waals surface area (Å²) < 4.78 is 35.0. The summed E-state index contributed by atoms with van der Waals surface area (Å²) >= 11 is 0. The smallest absolute Gasteiger partial charge is 0.339 e. The van der Waals surface area contributed by atoms with Crippen molar-refractivity contribution in [3.8, 4) is 0 Å². The Morgan fingerprint density at radius 3 is 2.37 bits per heavy atom. The fraction of sp³-hybridized carbons (Fsp3) is 0.290. The second-order valence-electron chi connectivity index (χ2n) is 9.77. The van der Waals surface area contributed by atoms with Gasteiger partial charge in [-0.05, 0) is 60.7 Å². The van der Waals surface area contributed by atoms with E-state index in [-0.39, 0.29) is 11.5 Å². The second-order valence-corrected chi connectivity index (χ2v) is 11.6. The van der Waals surface area contributed by atoms with E-state index in [9.17, 15) is 13.2 Å². The highest BCUT2D eigenvalue weighted by atomic mass is 32.2. The monoisotopic (exact) mass is 528 g/mol. The van der Waals surface area contributed by atoms with Crippen molar-refractivity contribution in [3.05, 3.63) is 101 Å². The van der Waals surface area contributed by atoms with Gasteiger partial charge in [0.05, 0.1) is 17.5 Å². The van der Waals surface area contributed by atoms with Crippen LogP contribution in [0.4, 0.5) is 0 Å². The van der Waals surface area contributed by atoms with E-state index in [1.54, 1.807) is 31.2 Å². The molecule has 1 aliphatic carbocycles. The Morgan fingerprint density at radius 2 is 1.68 bits per heavy atom. The number of nitrogens with zero attached hydrogens (tertiary/aromatic N) is 2. The first-order valence-corrected chi connectivity index (χ1v) is 14.5. The maximum atomic E-state index is 14.0. The third-order valence-corrected chi connectivity index (χ3v) is 9.20. The number of carbonyl (C=O) groups is 1. The maximum Gasteiger partial charge on any atom is 0.339 e. The van der Waals surface area contributed by atoms with Crippen molar-refractivity contribution in [2.24, 2.45) is 4.99 Å². The van der Waals surface area contributed by atoms with Crippen LogP contribution in [-0.2, 0) is 19.6 Å². The van der Waals surface area contributed by atoms with Gasteiger partial charge in [-0.1, -0.05) is 85.6 Å². The fourth-order valence-corrected chi connectivity index (χ4v) is 7.20. The van der Waals surface area contributed by atoms with E-state index in [1.807, 2.05) is 74.5 Å². The van der Waals surface area contributed by atoms with Crippen LogP contribution in [0.1, 0.15) is 54.9 Å². The lowest BCUT2D eigenvalue weighted by Gasteiger charge is -2.44. The van der Waals surface area contributed by atoms with Gasteiger partial charge in [-0.15, -0.1) is 0 Å². The van der Waals surface area contributed by atoms with Crippen LogP contribution >= 0.6 is 0 Å². The molecule has 1 aliphatic heterocycles. The first-order valence-electron chi connectivity index (χ1n) is 13.0. The molecule has 3 unspecified atom stereocenters. The molecule has 0 fully saturated rings. The Labute approximate surface area is 224 Å². The first kappa shape index (κ1) is 25.9. The molecule has 0 aromatic heterocycles. The Kier molecular flexibility index (Phi) is 6.97. The van der Waals surface area contributed by atoms with Crippen molar-refractivity contribution in [3.63, 3.8) is 0 Å². The van der Waals surface area contributed by atoms with Crippen LogP contribution in [0.25, 0.3) is 11.6 Å². The number of sulfonamides is 1. The number of hydrogen-bond acceptors (Lipinski definition) is 5. The third-order valence-electron chi connectivity index (χ3n) is 7.41. The van der Waals surface area contributed by atoms with Gasteiger partial charge in [-0.3, -0.25) is 9.30 Å². The number of carbonyl (C=O) groups excluding carboxylic acids is 1. The van der Waals surface area contributed by atoms with Gasteiger partial charge in [0.25, 0.3) is 10.0 Å². The minimum Gasteiger partial charge on any atom is -0.464 e. The molecule has 196 valence electrons. The Balaban J connectivity index is 1.77. The van der Waals surface area contributed by atoms with Crippen molar-refractivity contribution >= 4 is 34.0 Å². The summed E-state index contributed by atoms with van der Waals surface area (Å²) in [6.07, 6.45) is 4.62. The van der Waals surface area contributed by atoms with Crippen LogP contribution in [0.3, 0.4) is 0 Å². The van der Waals surface area contributed by atoms with Crippen molar-refractivity contribution in [2.45, 2.75) is 56.0 Å². The van der Waals surface area contributed by atoms with Crippen molar-refractivity contribution in [2.75, 3.05) is 6.61 Å². The Bertz CT molecular complexity index is 1500. The minimum absolute atomic E-state index is 0.196. The largest absolute Gasteiger partial charge is 0.464 e. The van der Waals surface area contributed by atoms with Gasteiger partial charge in [0, 0.05) is 5.92 Å². The van der Waals surface area contributed by atoms with Crippen LogP contribution < -0.4 is 0 Å². The van der Waals surface area contributed by atoms with E-state index < -0.39 is 33.5 Å². The highest BCUT2D eigenvalue weighted by molar-refractivity contribution is 7.89. The van der Waals surface area contributed by atoms with Gasteiger partial charge in [-0.25, -0.2) is 13.2 Å². The number of benzene rings is 3. The highest BCUT2D eigenvalue weighted by Crippen LogP contribution is 2.57. The molecule has 0 saturated carbocycles. The lowest BCUT2D eigenvalue weighted by Crippen LogP contribution is -2.56. The zero-order valence-electron chi connectivity index (χ0n) is 21.9. The summed E-state index contributed by atoms with van der Waals surface area (Å²) in [7, 11) is -3.92. The predicted octanol–water partition coefficient (Wildman–Crippen LogP) is 5.84. The maximum absolute atomic E-state index is 14.0. The molecule has 0 radical (unpaired) electrons. The van der Waals surface area contributed by atoms with Gasteiger partial charge in [0.2, 0.25) is 0 Å². The molecule has 0 saturated heterocycles. The first-order chi connectivity index (χ1) is 18.3. The van der Waals surface area contributed by atoms with Crippen LogP contribution in [0.15, 0.2) is 88.8 Å². The molecule has 3 atom stereocenters. The van der Waals surface area contributed by atoms with Crippen LogP contribution in [0.2, 0.25) is 0 Å². The van der Waals surface area contributed by atoms with Gasteiger partial charge in [0.1, 0.15) is 6.34 Å². The summed E-state index contributed by atoms with van der Waals surface area (Å²) in [6.45, 7) is 5.91. The third kappa shape index (κ3) is 4.15. The topological polar surface area (TPSA) is 76.0 Å². The number of esters is 1. The zero-order chi connectivity index (χ0) is 26.9. The molecule has 6 nitrogen and oxygen atoms in total. The number of fused-ring (bicyclic) bond motifs is 3. The summed E-state index contributed by atoms with van der Waals surface area (Å²) in [4.78, 5) is 19.0. The van der Waals surface area contributed by atoms with E-state index in [1.165, 1.54) is 10.6 Å². The molecule has 38 heavy (non-hydrogen) atoms. The average molecular weight is 529 g/mol. The van der Waals surface area contributed by atoms with Crippen LogP contribution in [-0.4, -0.2) is 43.2 Å². The second kappa shape index (κ2) is 10.2. The highest BCUT2D eigenvalue weighted by Gasteiger charge is 2.62. The normalized spacial score (nSPS) is 23.2. The summed E-state index contributed by atoms with van der Waals surface area (Å²) in [5, 5.41) is 0. The van der Waals surface area contributed by atoms with E-state index >= 15 is 0 Å². The van der Waals surface area contributed by atoms with Crippen molar-refractivity contribution < 1.29 is 17.9 Å². The number of aliphatic imine (C=N–C) groups is 1. The minimum atomic E-state index is -3.92. The van der Waals surface area contributed by atoms with Crippen LogP contribution in [0.5, 0.6) is 0 Å². The molecule has 0 bridgehead atoms. The molecular formula is C31H32N2O4S.